The Bertz CT molecular complexity index is 436. The van der Waals surface area contributed by atoms with Gasteiger partial charge in [-0.25, -0.2) is 4.98 Å². The molecule has 0 saturated carbocycles. The Morgan fingerprint density at radius 3 is 3.05 bits per heavy atom. The van der Waals surface area contributed by atoms with Crippen LogP contribution >= 0.6 is 12.4 Å². The van der Waals surface area contributed by atoms with Gasteiger partial charge in [0, 0.05) is 25.3 Å². The molecular formula is C16H26ClN3O. The lowest BCUT2D eigenvalue weighted by molar-refractivity contribution is 0.124. The number of hydrogen-bond acceptors (Lipinski definition) is 4. The van der Waals surface area contributed by atoms with Crippen molar-refractivity contribution in [2.24, 2.45) is 5.92 Å². The van der Waals surface area contributed by atoms with Crippen LogP contribution < -0.4 is 10.6 Å². The van der Waals surface area contributed by atoms with Crippen molar-refractivity contribution in [3.8, 4) is 0 Å². The van der Waals surface area contributed by atoms with E-state index < -0.39 is 0 Å². The number of aryl methyl sites for hydroxylation is 1. The average molecular weight is 312 g/mol. The summed E-state index contributed by atoms with van der Waals surface area (Å²) in [5, 5.41) is 6.78. The van der Waals surface area contributed by atoms with Crippen molar-refractivity contribution in [1.82, 2.24) is 10.3 Å². The summed E-state index contributed by atoms with van der Waals surface area (Å²) < 4.78 is 5.76. The fraction of sp³-hybridized carbons (Fsp3) is 0.688. The van der Waals surface area contributed by atoms with E-state index in [1.807, 2.05) is 0 Å². The zero-order valence-electron chi connectivity index (χ0n) is 12.6. The predicted molar refractivity (Wildman–Crippen MR) is 88.4 cm³/mol. The van der Waals surface area contributed by atoms with E-state index in [9.17, 15) is 0 Å². The molecule has 2 aliphatic rings. The molecule has 1 aromatic rings. The molecule has 1 saturated heterocycles. The number of hydrogen-bond donors (Lipinski definition) is 2. The largest absolute Gasteiger partial charge is 0.381 e. The highest BCUT2D eigenvalue weighted by Gasteiger charge is 2.13. The summed E-state index contributed by atoms with van der Waals surface area (Å²) in [5.41, 5.74) is 2.50. The molecule has 1 unspecified atom stereocenters. The SMILES string of the molecule is Cl.c1cc2c(nc1CCOCCC1CCNC1)NCCC2. The van der Waals surface area contributed by atoms with Crippen LogP contribution in [0.15, 0.2) is 12.1 Å². The van der Waals surface area contributed by atoms with Gasteiger partial charge in [-0.1, -0.05) is 6.07 Å². The van der Waals surface area contributed by atoms with Crippen LogP contribution in [0.2, 0.25) is 0 Å². The topological polar surface area (TPSA) is 46.2 Å². The van der Waals surface area contributed by atoms with E-state index in [0.717, 1.165) is 50.0 Å². The van der Waals surface area contributed by atoms with Crippen LogP contribution in [-0.2, 0) is 17.6 Å². The summed E-state index contributed by atoms with van der Waals surface area (Å²) in [5.74, 6) is 1.91. The highest BCUT2D eigenvalue weighted by Crippen LogP contribution is 2.19. The third kappa shape index (κ3) is 4.83. The van der Waals surface area contributed by atoms with Gasteiger partial charge in [-0.3, -0.25) is 0 Å². The van der Waals surface area contributed by atoms with Crippen LogP contribution in [0.5, 0.6) is 0 Å². The molecule has 5 heteroatoms. The fourth-order valence-electron chi connectivity index (χ4n) is 3.00. The van der Waals surface area contributed by atoms with Gasteiger partial charge in [0.25, 0.3) is 0 Å². The smallest absolute Gasteiger partial charge is 0.129 e. The maximum Gasteiger partial charge on any atom is 0.129 e. The van der Waals surface area contributed by atoms with Crippen LogP contribution in [0, 0.1) is 5.92 Å². The average Bonchev–Trinajstić information content (AvgIpc) is 3.00. The number of rotatable bonds is 6. The first-order valence-electron chi connectivity index (χ1n) is 7.93. The Morgan fingerprint density at radius 2 is 2.19 bits per heavy atom. The molecular weight excluding hydrogens is 286 g/mol. The van der Waals surface area contributed by atoms with E-state index in [0.29, 0.717) is 0 Å². The van der Waals surface area contributed by atoms with Gasteiger partial charge in [-0.2, -0.15) is 0 Å². The first-order chi connectivity index (χ1) is 9.92. The number of halogens is 1. The number of pyridine rings is 1. The van der Waals surface area contributed by atoms with Gasteiger partial charge in [0.15, 0.2) is 0 Å². The van der Waals surface area contributed by atoms with Crippen LogP contribution in [0.1, 0.15) is 30.5 Å². The molecule has 0 aliphatic carbocycles. The lowest BCUT2D eigenvalue weighted by Gasteiger charge is -2.17. The predicted octanol–water partition coefficient (Wildman–Crippen LogP) is 2.42. The van der Waals surface area contributed by atoms with Crippen LogP contribution in [0.25, 0.3) is 0 Å². The third-order valence-corrected chi connectivity index (χ3v) is 4.29. The molecule has 2 aliphatic heterocycles. The second-order valence-electron chi connectivity index (χ2n) is 5.85. The third-order valence-electron chi connectivity index (χ3n) is 4.29. The molecule has 1 aromatic heterocycles. The minimum atomic E-state index is 0. The molecule has 2 N–H and O–H groups in total. The van der Waals surface area contributed by atoms with Gasteiger partial charge >= 0.3 is 0 Å². The molecule has 3 heterocycles. The maximum absolute atomic E-state index is 5.76. The first-order valence-corrected chi connectivity index (χ1v) is 7.93. The van der Waals surface area contributed by atoms with Crippen molar-refractivity contribution in [3.05, 3.63) is 23.4 Å². The second-order valence-corrected chi connectivity index (χ2v) is 5.85. The van der Waals surface area contributed by atoms with Crippen LogP contribution in [0.4, 0.5) is 5.82 Å². The van der Waals surface area contributed by atoms with Crippen LogP contribution in [0.3, 0.4) is 0 Å². The highest BCUT2D eigenvalue weighted by molar-refractivity contribution is 5.85. The van der Waals surface area contributed by atoms with Crippen molar-refractivity contribution in [1.29, 1.82) is 0 Å². The molecule has 0 amide bonds. The van der Waals surface area contributed by atoms with Gasteiger partial charge in [-0.05, 0) is 56.3 Å². The van der Waals surface area contributed by atoms with Gasteiger partial charge in [-0.15, -0.1) is 12.4 Å². The molecule has 0 aromatic carbocycles. The quantitative estimate of drug-likeness (QED) is 0.792. The Labute approximate surface area is 133 Å². The van der Waals surface area contributed by atoms with Gasteiger partial charge in [0.1, 0.15) is 5.82 Å². The maximum atomic E-state index is 5.76. The molecule has 1 atom stereocenters. The summed E-state index contributed by atoms with van der Waals surface area (Å²) in [6.45, 7) is 5.06. The Kier molecular flexibility index (Phi) is 6.74. The Morgan fingerprint density at radius 1 is 1.24 bits per heavy atom. The molecule has 0 radical (unpaired) electrons. The number of nitrogens with one attached hydrogen (secondary N) is 2. The van der Waals surface area contributed by atoms with E-state index in [1.54, 1.807) is 0 Å². The Hall–Kier alpha value is -0.840. The number of anilines is 1. The van der Waals surface area contributed by atoms with Crippen molar-refractivity contribution in [3.63, 3.8) is 0 Å². The van der Waals surface area contributed by atoms with Crippen LogP contribution in [-0.4, -0.2) is 37.8 Å². The summed E-state index contributed by atoms with van der Waals surface area (Å²) in [6, 6.07) is 4.37. The molecule has 0 spiro atoms. The van der Waals surface area contributed by atoms with Gasteiger partial charge in [0.2, 0.25) is 0 Å². The molecule has 0 bridgehead atoms. The second kappa shape index (κ2) is 8.57. The van der Waals surface area contributed by atoms with E-state index in [2.05, 4.69) is 27.8 Å². The van der Waals surface area contributed by atoms with E-state index in [-0.39, 0.29) is 12.4 Å². The molecule has 1 fully saturated rings. The molecule has 4 nitrogen and oxygen atoms in total. The number of aromatic nitrogens is 1. The fourth-order valence-corrected chi connectivity index (χ4v) is 3.00. The summed E-state index contributed by atoms with van der Waals surface area (Å²) in [7, 11) is 0. The zero-order chi connectivity index (χ0) is 13.6. The summed E-state index contributed by atoms with van der Waals surface area (Å²) in [6.07, 6.45) is 5.78. The van der Waals surface area contributed by atoms with Gasteiger partial charge in [0.05, 0.1) is 6.61 Å². The standard InChI is InChI=1S/C16H25N3O.ClH/c1-2-14-3-4-15(19-16(14)18-8-1)7-11-20-10-6-13-5-9-17-12-13;/h3-4,13,17H,1-2,5-12H2,(H,18,19);1H. The first kappa shape index (κ1) is 16.5. The molecule has 21 heavy (non-hydrogen) atoms. The van der Waals surface area contributed by atoms with Crippen molar-refractivity contribution in [2.75, 3.05) is 38.2 Å². The number of fused-ring (bicyclic) bond motifs is 1. The van der Waals surface area contributed by atoms with Crippen molar-refractivity contribution >= 4 is 18.2 Å². The zero-order valence-corrected chi connectivity index (χ0v) is 13.4. The van der Waals surface area contributed by atoms with Crippen molar-refractivity contribution < 1.29 is 4.74 Å². The molecule has 3 rings (SSSR count). The van der Waals surface area contributed by atoms with Gasteiger partial charge < -0.3 is 15.4 Å². The highest BCUT2D eigenvalue weighted by atomic mass is 35.5. The van der Waals surface area contributed by atoms with E-state index in [1.165, 1.54) is 37.9 Å². The lowest BCUT2D eigenvalue weighted by atomic mass is 10.1. The number of nitrogens with zero attached hydrogens (tertiary/aromatic N) is 1. The monoisotopic (exact) mass is 311 g/mol. The lowest BCUT2D eigenvalue weighted by Crippen LogP contribution is -2.14. The Balaban J connectivity index is 0.00000161. The minimum Gasteiger partial charge on any atom is -0.381 e. The van der Waals surface area contributed by atoms with E-state index >= 15 is 0 Å². The molecule has 118 valence electrons. The minimum absolute atomic E-state index is 0. The summed E-state index contributed by atoms with van der Waals surface area (Å²) in [4.78, 5) is 4.69. The summed E-state index contributed by atoms with van der Waals surface area (Å²) >= 11 is 0. The van der Waals surface area contributed by atoms with E-state index in [4.69, 9.17) is 4.74 Å². The normalized spacial score (nSPS) is 20.5. The van der Waals surface area contributed by atoms with Crippen molar-refractivity contribution in [2.45, 2.75) is 32.1 Å². The number of ether oxygens (including phenoxy) is 1.